The van der Waals surface area contributed by atoms with Gasteiger partial charge in [0.05, 0.1) is 5.56 Å². The molecule has 6 heteroatoms. The summed E-state index contributed by atoms with van der Waals surface area (Å²) in [6.45, 7) is -0.992. The molecule has 0 saturated heterocycles. The van der Waals surface area contributed by atoms with Crippen LogP contribution in [0.2, 0.25) is 0 Å². The summed E-state index contributed by atoms with van der Waals surface area (Å²) in [5, 5.41) is 3.57. The number of carbonyl (C=O) groups excluding carboxylic acids is 1. The van der Waals surface area contributed by atoms with Gasteiger partial charge in [-0.05, 0) is 25.0 Å². The Morgan fingerprint density at radius 3 is 2.68 bits per heavy atom. The van der Waals surface area contributed by atoms with E-state index in [0.29, 0.717) is 0 Å². The summed E-state index contributed by atoms with van der Waals surface area (Å²) < 4.78 is 28.8. The van der Waals surface area contributed by atoms with Crippen molar-refractivity contribution < 1.29 is 18.3 Å². The van der Waals surface area contributed by atoms with Gasteiger partial charge in [-0.15, -0.1) is 0 Å². The van der Waals surface area contributed by atoms with Crippen molar-refractivity contribution in [2.24, 2.45) is 0 Å². The molecule has 3 nitrogen and oxygen atoms in total. The van der Waals surface area contributed by atoms with E-state index in [1.165, 1.54) is 12.1 Å². The lowest BCUT2D eigenvalue weighted by molar-refractivity contribution is -0.0501. The molecule has 106 valence electrons. The Bertz CT molecular complexity index is 415. The third-order valence-electron chi connectivity index (χ3n) is 2.63. The molecule has 1 unspecified atom stereocenters. The summed E-state index contributed by atoms with van der Waals surface area (Å²) in [5.41, 5.74) is 0.121. The van der Waals surface area contributed by atoms with Crippen LogP contribution in [0.15, 0.2) is 24.3 Å². The summed E-state index contributed by atoms with van der Waals surface area (Å²) in [5.74, 6) is -0.507. The Morgan fingerprint density at radius 1 is 1.42 bits per heavy atom. The number of para-hydroxylation sites is 1. The fourth-order valence-corrected chi connectivity index (χ4v) is 2.18. The topological polar surface area (TPSA) is 38.3 Å². The number of rotatable bonds is 7. The van der Waals surface area contributed by atoms with Crippen molar-refractivity contribution in [3.8, 4) is 5.75 Å². The third kappa shape index (κ3) is 5.14. The largest absolute Gasteiger partial charge is 0.434 e. The van der Waals surface area contributed by atoms with Crippen LogP contribution in [0.3, 0.4) is 0 Å². The molecule has 0 aliphatic heterocycles. The number of carbonyl (C=O) groups is 1. The van der Waals surface area contributed by atoms with Crippen molar-refractivity contribution in [1.82, 2.24) is 5.32 Å². The lowest BCUT2D eigenvalue weighted by atomic mass is 10.1. The molecule has 0 aliphatic carbocycles. The van der Waals surface area contributed by atoms with Gasteiger partial charge in [-0.3, -0.25) is 4.79 Å². The van der Waals surface area contributed by atoms with Crippen molar-refractivity contribution >= 4 is 21.8 Å². The molecule has 0 radical (unpaired) electrons. The summed E-state index contributed by atoms with van der Waals surface area (Å²) in [6.07, 6.45) is 1.55. The van der Waals surface area contributed by atoms with E-state index in [1.54, 1.807) is 12.1 Å². The number of benzene rings is 1. The van der Waals surface area contributed by atoms with E-state index >= 15 is 0 Å². The Kier molecular flexibility index (Phi) is 6.77. The Balaban J connectivity index is 2.81. The van der Waals surface area contributed by atoms with Crippen molar-refractivity contribution in [1.29, 1.82) is 0 Å². The molecular formula is C13H16BrF2NO2. The molecule has 19 heavy (non-hydrogen) atoms. The molecule has 1 aromatic carbocycles. The average molecular weight is 336 g/mol. The molecule has 1 amide bonds. The third-order valence-corrected chi connectivity index (χ3v) is 3.09. The van der Waals surface area contributed by atoms with Crippen molar-refractivity contribution in [3.05, 3.63) is 29.8 Å². The minimum absolute atomic E-state index is 0.00600. The van der Waals surface area contributed by atoms with E-state index in [4.69, 9.17) is 0 Å². The van der Waals surface area contributed by atoms with Gasteiger partial charge in [-0.1, -0.05) is 35.0 Å². The molecule has 0 saturated carbocycles. The molecule has 0 aromatic heterocycles. The number of alkyl halides is 3. The number of hydrogen-bond acceptors (Lipinski definition) is 2. The fraction of sp³-hybridized carbons (Fsp3) is 0.462. The summed E-state index contributed by atoms with van der Waals surface area (Å²) in [6, 6.07) is 5.98. The van der Waals surface area contributed by atoms with Gasteiger partial charge in [0.2, 0.25) is 0 Å². The molecular weight excluding hydrogens is 320 g/mol. The van der Waals surface area contributed by atoms with Crippen molar-refractivity contribution in [2.75, 3.05) is 5.33 Å². The maximum Gasteiger partial charge on any atom is 0.387 e. The van der Waals surface area contributed by atoms with E-state index < -0.39 is 12.5 Å². The highest BCUT2D eigenvalue weighted by molar-refractivity contribution is 9.09. The average Bonchev–Trinajstić information content (AvgIpc) is 2.38. The lowest BCUT2D eigenvalue weighted by Gasteiger charge is -2.17. The second kappa shape index (κ2) is 8.09. The number of amides is 1. The van der Waals surface area contributed by atoms with Gasteiger partial charge in [-0.2, -0.15) is 8.78 Å². The second-order valence-corrected chi connectivity index (χ2v) is 4.72. The van der Waals surface area contributed by atoms with Crippen LogP contribution in [0.25, 0.3) is 0 Å². The number of halogens is 3. The van der Waals surface area contributed by atoms with Crippen molar-refractivity contribution in [3.63, 3.8) is 0 Å². The van der Waals surface area contributed by atoms with Gasteiger partial charge in [0.15, 0.2) is 0 Å². The van der Waals surface area contributed by atoms with Gasteiger partial charge in [0, 0.05) is 11.4 Å². The van der Waals surface area contributed by atoms with Gasteiger partial charge in [-0.25, -0.2) is 0 Å². The molecule has 0 spiro atoms. The first-order chi connectivity index (χ1) is 9.08. The maximum atomic E-state index is 12.3. The Labute approximate surface area is 119 Å². The fourth-order valence-electron chi connectivity index (χ4n) is 1.63. The molecule has 0 bridgehead atoms. The van der Waals surface area contributed by atoms with E-state index in [-0.39, 0.29) is 17.4 Å². The Hall–Kier alpha value is -1.17. The van der Waals surface area contributed by atoms with Crippen LogP contribution in [0, 0.1) is 0 Å². The first kappa shape index (κ1) is 15.9. The molecule has 1 rings (SSSR count). The van der Waals surface area contributed by atoms with Gasteiger partial charge in [0.25, 0.3) is 5.91 Å². The molecule has 0 fully saturated rings. The minimum Gasteiger partial charge on any atom is -0.434 e. The zero-order valence-corrected chi connectivity index (χ0v) is 12.1. The monoisotopic (exact) mass is 335 g/mol. The molecule has 0 heterocycles. The maximum absolute atomic E-state index is 12.3. The minimum atomic E-state index is -2.95. The smallest absolute Gasteiger partial charge is 0.387 e. The SMILES string of the molecule is CCC(CCBr)NC(=O)c1ccccc1OC(F)F. The molecule has 1 N–H and O–H groups in total. The van der Waals surface area contributed by atoms with E-state index in [1.807, 2.05) is 6.92 Å². The molecule has 0 aliphatic rings. The highest BCUT2D eigenvalue weighted by Gasteiger charge is 2.17. The predicted molar refractivity (Wildman–Crippen MR) is 73.0 cm³/mol. The highest BCUT2D eigenvalue weighted by Crippen LogP contribution is 2.20. The summed E-state index contributed by atoms with van der Waals surface area (Å²) in [7, 11) is 0. The Morgan fingerprint density at radius 2 is 2.11 bits per heavy atom. The van der Waals surface area contributed by atoms with E-state index in [9.17, 15) is 13.6 Å². The van der Waals surface area contributed by atoms with E-state index in [0.717, 1.165) is 18.2 Å². The molecule has 1 aromatic rings. The van der Waals surface area contributed by atoms with Gasteiger partial charge >= 0.3 is 6.61 Å². The highest BCUT2D eigenvalue weighted by atomic mass is 79.9. The van der Waals surface area contributed by atoms with Crippen LogP contribution in [-0.2, 0) is 0 Å². The second-order valence-electron chi connectivity index (χ2n) is 3.93. The van der Waals surface area contributed by atoms with Crippen LogP contribution in [0.1, 0.15) is 30.1 Å². The van der Waals surface area contributed by atoms with Crippen molar-refractivity contribution in [2.45, 2.75) is 32.4 Å². The number of hydrogen-bond donors (Lipinski definition) is 1. The van der Waals surface area contributed by atoms with Gasteiger partial charge in [0.1, 0.15) is 5.75 Å². The molecule has 1 atom stereocenters. The quantitative estimate of drug-likeness (QED) is 0.773. The van der Waals surface area contributed by atoms with Gasteiger partial charge < -0.3 is 10.1 Å². The van der Waals surface area contributed by atoms with Crippen LogP contribution in [0.5, 0.6) is 5.75 Å². The first-order valence-corrected chi connectivity index (χ1v) is 7.11. The lowest BCUT2D eigenvalue weighted by Crippen LogP contribution is -2.35. The number of nitrogens with one attached hydrogen (secondary N) is 1. The normalized spacial score (nSPS) is 12.3. The van der Waals surface area contributed by atoms with E-state index in [2.05, 4.69) is 26.0 Å². The van der Waals surface area contributed by atoms with Crippen LogP contribution >= 0.6 is 15.9 Å². The van der Waals surface area contributed by atoms with Crippen LogP contribution in [-0.4, -0.2) is 23.9 Å². The van der Waals surface area contributed by atoms with Crippen LogP contribution in [0.4, 0.5) is 8.78 Å². The zero-order chi connectivity index (χ0) is 14.3. The summed E-state index contributed by atoms with van der Waals surface area (Å²) in [4.78, 5) is 12.0. The predicted octanol–water partition coefficient (Wildman–Crippen LogP) is 3.58. The number of ether oxygens (including phenoxy) is 1. The zero-order valence-electron chi connectivity index (χ0n) is 10.5. The van der Waals surface area contributed by atoms with Crippen LogP contribution < -0.4 is 10.1 Å². The first-order valence-electron chi connectivity index (χ1n) is 5.99. The standard InChI is InChI=1S/C13H16BrF2NO2/c1-2-9(7-8-14)17-12(18)10-5-3-4-6-11(10)19-13(15)16/h3-6,9,13H,2,7-8H2,1H3,(H,17,18). The summed E-state index contributed by atoms with van der Waals surface area (Å²) >= 11 is 3.31.